The lowest BCUT2D eigenvalue weighted by Crippen LogP contribution is -2.44. The number of thioether (sulfide) groups is 1. The molecule has 11 heteroatoms. The molecule has 2 aliphatic rings. The summed E-state index contributed by atoms with van der Waals surface area (Å²) in [6, 6.07) is 17.3. The lowest BCUT2D eigenvalue weighted by Gasteiger charge is -2.32. The maximum atomic E-state index is 13.3. The first-order valence-electron chi connectivity index (χ1n) is 12.2. The number of hydrogen-bond acceptors (Lipinski definition) is 8. The van der Waals surface area contributed by atoms with Crippen LogP contribution in [0, 0.1) is 5.82 Å². The number of hydrogen-bond donors (Lipinski definition) is 1. The minimum absolute atomic E-state index is 0.0525. The van der Waals surface area contributed by atoms with Crippen molar-refractivity contribution in [2.45, 2.75) is 25.1 Å². The first-order valence-corrected chi connectivity index (χ1v) is 13.1. The van der Waals surface area contributed by atoms with E-state index in [0.717, 1.165) is 17.3 Å². The van der Waals surface area contributed by atoms with Gasteiger partial charge in [0.2, 0.25) is 18.6 Å². The zero-order valence-electron chi connectivity index (χ0n) is 20.9. The molecule has 5 rings (SSSR count). The van der Waals surface area contributed by atoms with Crippen molar-refractivity contribution in [3.8, 4) is 11.5 Å². The third kappa shape index (κ3) is 6.20. The van der Waals surface area contributed by atoms with Gasteiger partial charge >= 0.3 is 5.97 Å². The van der Waals surface area contributed by atoms with E-state index in [1.165, 1.54) is 29.2 Å². The summed E-state index contributed by atoms with van der Waals surface area (Å²) in [6.07, 6.45) is -0.0525. The summed E-state index contributed by atoms with van der Waals surface area (Å²) in [5.41, 5.74) is 2.09. The van der Waals surface area contributed by atoms with Crippen LogP contribution in [0.1, 0.15) is 29.3 Å². The third-order valence-corrected chi connectivity index (χ3v) is 7.11. The van der Waals surface area contributed by atoms with E-state index in [9.17, 15) is 18.8 Å². The first-order chi connectivity index (χ1) is 18.9. The molecule has 2 heterocycles. The number of fused-ring (bicyclic) bond motifs is 1. The van der Waals surface area contributed by atoms with Gasteiger partial charge in [0.25, 0.3) is 0 Å². The number of anilines is 1. The summed E-state index contributed by atoms with van der Waals surface area (Å²) in [5.74, 6) is -0.320. The highest BCUT2D eigenvalue weighted by molar-refractivity contribution is 8.15. The highest BCUT2D eigenvalue weighted by atomic mass is 32.2. The van der Waals surface area contributed by atoms with Crippen LogP contribution in [-0.2, 0) is 20.9 Å². The number of nitrogens with zero attached hydrogens (tertiary/aromatic N) is 2. The summed E-state index contributed by atoms with van der Waals surface area (Å²) >= 11 is 1.15. The van der Waals surface area contributed by atoms with Gasteiger partial charge in [0.1, 0.15) is 11.1 Å². The van der Waals surface area contributed by atoms with Crippen molar-refractivity contribution < 1.29 is 33.0 Å². The second-order valence-electron chi connectivity index (χ2n) is 8.64. The second kappa shape index (κ2) is 11.6. The highest BCUT2D eigenvalue weighted by Gasteiger charge is 2.36. The van der Waals surface area contributed by atoms with Crippen molar-refractivity contribution in [3.05, 3.63) is 83.7 Å². The number of amidine groups is 1. The molecule has 2 aliphatic heterocycles. The Morgan fingerprint density at radius 2 is 1.82 bits per heavy atom. The van der Waals surface area contributed by atoms with Crippen LogP contribution in [-0.4, -0.2) is 46.5 Å². The maximum Gasteiger partial charge on any atom is 0.338 e. The molecule has 2 amide bonds. The van der Waals surface area contributed by atoms with Gasteiger partial charge in [0.05, 0.1) is 24.4 Å². The van der Waals surface area contributed by atoms with Crippen LogP contribution in [0.15, 0.2) is 71.7 Å². The maximum absolute atomic E-state index is 13.3. The molecular weight excluding hydrogens is 525 g/mol. The summed E-state index contributed by atoms with van der Waals surface area (Å²) in [5, 5.41) is 2.30. The van der Waals surface area contributed by atoms with E-state index in [-0.39, 0.29) is 32.3 Å². The summed E-state index contributed by atoms with van der Waals surface area (Å²) in [4.78, 5) is 44.6. The fourth-order valence-electron chi connectivity index (χ4n) is 3.97. The quantitative estimate of drug-likeness (QED) is 0.418. The number of carbonyl (C=O) groups excluding carboxylic acids is 3. The van der Waals surface area contributed by atoms with E-state index in [1.807, 2.05) is 6.07 Å². The zero-order valence-corrected chi connectivity index (χ0v) is 21.7. The van der Waals surface area contributed by atoms with E-state index >= 15 is 0 Å². The van der Waals surface area contributed by atoms with E-state index in [2.05, 4.69) is 10.3 Å². The number of amides is 2. The number of carbonyl (C=O) groups is 3. The number of halogens is 1. The standard InChI is InChI=1S/C28H24FN3O6S/c1-2-36-27(35)18-4-8-21(9-5-18)31-28-32(15-17-3-12-22-23(13-17)38-16-37-22)25(33)14-24(39-28)26(34)30-20-10-6-19(29)7-11-20/h3-13,24H,2,14-16H2,1H3,(H,30,34). The van der Waals surface area contributed by atoms with Crippen LogP contribution in [0.2, 0.25) is 0 Å². The molecule has 9 nitrogen and oxygen atoms in total. The highest BCUT2D eigenvalue weighted by Crippen LogP contribution is 2.35. The number of rotatable bonds is 7. The van der Waals surface area contributed by atoms with Gasteiger partial charge in [-0.05, 0) is 73.2 Å². The van der Waals surface area contributed by atoms with Gasteiger partial charge in [-0.2, -0.15) is 0 Å². The molecule has 3 aromatic rings. The topological polar surface area (TPSA) is 107 Å². The van der Waals surface area contributed by atoms with Crippen molar-refractivity contribution >= 4 is 46.1 Å². The minimum Gasteiger partial charge on any atom is -0.462 e. The smallest absolute Gasteiger partial charge is 0.338 e. The van der Waals surface area contributed by atoms with Crippen molar-refractivity contribution in [2.24, 2.45) is 4.99 Å². The van der Waals surface area contributed by atoms with Crippen LogP contribution in [0.5, 0.6) is 11.5 Å². The van der Waals surface area contributed by atoms with Gasteiger partial charge < -0.3 is 19.5 Å². The fourth-order valence-corrected chi connectivity index (χ4v) is 5.07. The van der Waals surface area contributed by atoms with Crippen LogP contribution in [0.3, 0.4) is 0 Å². The van der Waals surface area contributed by atoms with Crippen molar-refractivity contribution in [1.29, 1.82) is 0 Å². The first kappa shape index (κ1) is 26.2. The Balaban J connectivity index is 1.40. The molecule has 0 aliphatic carbocycles. The van der Waals surface area contributed by atoms with Crippen molar-refractivity contribution in [1.82, 2.24) is 4.90 Å². The van der Waals surface area contributed by atoms with Crippen LogP contribution in [0.25, 0.3) is 0 Å². The molecule has 0 saturated carbocycles. The van der Waals surface area contributed by atoms with E-state index in [0.29, 0.717) is 33.6 Å². The van der Waals surface area contributed by atoms with Crippen LogP contribution >= 0.6 is 11.8 Å². The Morgan fingerprint density at radius 3 is 2.56 bits per heavy atom. The average molecular weight is 550 g/mol. The Hall–Kier alpha value is -4.38. The predicted octanol–water partition coefficient (Wildman–Crippen LogP) is 4.89. The lowest BCUT2D eigenvalue weighted by atomic mass is 10.1. The minimum atomic E-state index is -0.756. The van der Waals surface area contributed by atoms with Gasteiger partial charge in [-0.1, -0.05) is 17.8 Å². The van der Waals surface area contributed by atoms with Gasteiger partial charge in [-0.25, -0.2) is 14.2 Å². The number of aliphatic imine (C=N–C) groups is 1. The summed E-state index contributed by atoms with van der Waals surface area (Å²) in [7, 11) is 0. The predicted molar refractivity (Wildman–Crippen MR) is 144 cm³/mol. The van der Waals surface area contributed by atoms with Crippen LogP contribution < -0.4 is 14.8 Å². The number of benzene rings is 3. The molecule has 3 aromatic carbocycles. The molecule has 1 N–H and O–H groups in total. The number of esters is 1. The van der Waals surface area contributed by atoms with Gasteiger partial charge in [0, 0.05) is 12.1 Å². The zero-order chi connectivity index (χ0) is 27.4. The molecular formula is C28H24FN3O6S. The third-order valence-electron chi connectivity index (χ3n) is 5.92. The van der Waals surface area contributed by atoms with Gasteiger partial charge in [0.15, 0.2) is 16.7 Å². The van der Waals surface area contributed by atoms with Crippen LogP contribution in [0.4, 0.5) is 15.8 Å². The van der Waals surface area contributed by atoms with E-state index in [4.69, 9.17) is 14.2 Å². The molecule has 0 bridgehead atoms. The Labute approximate surface area is 228 Å². The molecule has 0 spiro atoms. The molecule has 200 valence electrons. The normalized spacial score (nSPS) is 17.3. The monoisotopic (exact) mass is 549 g/mol. The van der Waals surface area contributed by atoms with Gasteiger partial charge in [-0.3, -0.25) is 14.5 Å². The molecule has 0 aromatic heterocycles. The SMILES string of the molecule is CCOC(=O)c1ccc(N=C2SC(C(=O)Nc3ccc(F)cc3)CC(=O)N2Cc2ccc3c(c2)OCO3)cc1. The molecule has 39 heavy (non-hydrogen) atoms. The van der Waals surface area contributed by atoms with Crippen molar-refractivity contribution in [2.75, 3.05) is 18.7 Å². The molecule has 1 fully saturated rings. The Kier molecular flexibility index (Phi) is 7.78. The number of nitrogens with one attached hydrogen (secondary N) is 1. The fraction of sp³-hybridized carbons (Fsp3) is 0.214. The largest absolute Gasteiger partial charge is 0.462 e. The average Bonchev–Trinajstić information content (AvgIpc) is 3.40. The van der Waals surface area contributed by atoms with Crippen molar-refractivity contribution in [3.63, 3.8) is 0 Å². The number of ether oxygens (including phenoxy) is 3. The summed E-state index contributed by atoms with van der Waals surface area (Å²) < 4.78 is 29.1. The Morgan fingerprint density at radius 1 is 1.08 bits per heavy atom. The molecule has 1 atom stereocenters. The van der Waals surface area contributed by atoms with Gasteiger partial charge in [-0.15, -0.1) is 0 Å². The molecule has 0 radical (unpaired) electrons. The lowest BCUT2D eigenvalue weighted by molar-refractivity contribution is -0.129. The molecule has 1 saturated heterocycles. The van der Waals surface area contributed by atoms with E-state index in [1.54, 1.807) is 43.3 Å². The Bertz CT molecular complexity index is 1430. The van der Waals surface area contributed by atoms with E-state index < -0.39 is 22.9 Å². The summed E-state index contributed by atoms with van der Waals surface area (Å²) in [6.45, 7) is 2.33. The second-order valence-corrected chi connectivity index (χ2v) is 9.81. The molecule has 1 unspecified atom stereocenters.